The number of hydrogen-bond acceptors (Lipinski definition) is 4. The van der Waals surface area contributed by atoms with Gasteiger partial charge in [-0.05, 0) is 55.8 Å². The third kappa shape index (κ3) is 6.05. The van der Waals surface area contributed by atoms with Crippen molar-refractivity contribution in [1.29, 1.82) is 0 Å². The summed E-state index contributed by atoms with van der Waals surface area (Å²) in [5.74, 6) is 0.924. The van der Waals surface area contributed by atoms with Crippen LogP contribution in [-0.2, 0) is 16.9 Å². The molecule has 0 radical (unpaired) electrons. The molecule has 29 heavy (non-hydrogen) atoms. The van der Waals surface area contributed by atoms with Gasteiger partial charge in [-0.3, -0.25) is 4.79 Å². The topological polar surface area (TPSA) is 85.8 Å². The lowest BCUT2D eigenvalue weighted by atomic mass is 9.85. The van der Waals surface area contributed by atoms with E-state index >= 15 is 0 Å². The number of nitrogens with zero attached hydrogens (tertiary/aromatic N) is 1. The largest absolute Gasteiger partial charge is 0.383 e. The summed E-state index contributed by atoms with van der Waals surface area (Å²) in [6.07, 6.45) is 3.12. The Kier molecular flexibility index (Phi) is 7.28. The Morgan fingerprint density at radius 1 is 1.28 bits per heavy atom. The van der Waals surface area contributed by atoms with Gasteiger partial charge in [0.15, 0.2) is 5.96 Å². The first kappa shape index (κ1) is 21.3. The minimum absolute atomic E-state index is 0.114. The van der Waals surface area contributed by atoms with Crippen molar-refractivity contribution >= 4 is 28.9 Å². The molecule has 1 saturated carbocycles. The number of benzene rings is 1. The highest BCUT2D eigenvalue weighted by Gasteiger charge is 2.25. The predicted octanol–water partition coefficient (Wildman–Crippen LogP) is 3.45. The van der Waals surface area contributed by atoms with Crippen molar-refractivity contribution in [2.24, 2.45) is 10.9 Å². The molecule has 1 aromatic heterocycles. The van der Waals surface area contributed by atoms with Gasteiger partial charge >= 0.3 is 0 Å². The van der Waals surface area contributed by atoms with Crippen LogP contribution in [-0.4, -0.2) is 30.1 Å². The van der Waals surface area contributed by atoms with Gasteiger partial charge in [0.2, 0.25) is 5.91 Å². The van der Waals surface area contributed by atoms with E-state index in [1.54, 1.807) is 6.92 Å². The summed E-state index contributed by atoms with van der Waals surface area (Å²) in [6, 6.07) is 11.7. The third-order valence-corrected chi connectivity index (χ3v) is 6.21. The number of nitrogens with one attached hydrogen (secondary N) is 3. The first-order valence-corrected chi connectivity index (χ1v) is 11.0. The summed E-state index contributed by atoms with van der Waals surface area (Å²) in [4.78, 5) is 17.7. The van der Waals surface area contributed by atoms with Crippen LogP contribution in [0.15, 0.2) is 46.8 Å². The molecule has 156 valence electrons. The van der Waals surface area contributed by atoms with E-state index in [2.05, 4.69) is 20.9 Å². The molecule has 1 aromatic carbocycles. The highest BCUT2D eigenvalue weighted by molar-refractivity contribution is 7.10. The highest BCUT2D eigenvalue weighted by Crippen LogP contribution is 2.27. The average Bonchev–Trinajstić information content (AvgIpc) is 3.18. The van der Waals surface area contributed by atoms with E-state index in [1.807, 2.05) is 48.7 Å². The van der Waals surface area contributed by atoms with Crippen LogP contribution in [0, 0.1) is 5.92 Å². The van der Waals surface area contributed by atoms with Crippen molar-refractivity contribution in [3.8, 4) is 0 Å². The molecule has 1 amide bonds. The summed E-state index contributed by atoms with van der Waals surface area (Å²) in [7, 11) is 0. The molecule has 1 aliphatic rings. The molecular formula is C22H30N4O2S. The minimum Gasteiger partial charge on any atom is -0.383 e. The molecule has 4 N–H and O–H groups in total. The standard InChI is InChI=1S/C22H30N4O2S/c1-3-23-21(25-15-22(2,28)19-11-6-12-29-19)24-14-16-7-4-10-18(13-16)26-20(27)17-8-5-9-17/h4,6-7,10-13,17,28H,3,5,8-9,14-15H2,1-2H3,(H,26,27)(H2,23,24,25). The van der Waals surface area contributed by atoms with E-state index in [0.29, 0.717) is 19.0 Å². The van der Waals surface area contributed by atoms with Gasteiger partial charge in [0, 0.05) is 23.0 Å². The zero-order valence-electron chi connectivity index (χ0n) is 17.1. The van der Waals surface area contributed by atoms with Crippen LogP contribution in [0.3, 0.4) is 0 Å². The molecule has 6 nitrogen and oxygen atoms in total. The number of aliphatic hydroxyl groups is 1. The van der Waals surface area contributed by atoms with E-state index in [9.17, 15) is 9.90 Å². The first-order chi connectivity index (χ1) is 14.0. The van der Waals surface area contributed by atoms with E-state index in [1.165, 1.54) is 11.3 Å². The second-order valence-corrected chi connectivity index (χ2v) is 8.57. The molecule has 1 atom stereocenters. The number of hydrogen-bond donors (Lipinski definition) is 4. The van der Waals surface area contributed by atoms with Gasteiger partial charge in [-0.25, -0.2) is 4.99 Å². The lowest BCUT2D eigenvalue weighted by Gasteiger charge is -2.24. The van der Waals surface area contributed by atoms with Gasteiger partial charge in [-0.2, -0.15) is 0 Å². The zero-order chi connectivity index (χ0) is 20.7. The number of guanidine groups is 1. The van der Waals surface area contributed by atoms with Crippen molar-refractivity contribution in [2.45, 2.75) is 45.3 Å². The maximum Gasteiger partial charge on any atom is 0.227 e. The number of carbonyl (C=O) groups excluding carboxylic acids is 1. The number of anilines is 1. The van der Waals surface area contributed by atoms with E-state index in [0.717, 1.165) is 41.9 Å². The Bertz CT molecular complexity index is 829. The van der Waals surface area contributed by atoms with Crippen molar-refractivity contribution in [1.82, 2.24) is 10.6 Å². The summed E-state index contributed by atoms with van der Waals surface area (Å²) in [6.45, 7) is 5.36. The number of rotatable bonds is 8. The van der Waals surface area contributed by atoms with Crippen LogP contribution in [0.2, 0.25) is 0 Å². The van der Waals surface area contributed by atoms with Crippen molar-refractivity contribution in [2.75, 3.05) is 18.4 Å². The summed E-state index contributed by atoms with van der Waals surface area (Å²) in [5.41, 5.74) is 0.864. The molecule has 2 aromatic rings. The van der Waals surface area contributed by atoms with Crippen LogP contribution < -0.4 is 16.0 Å². The number of carbonyl (C=O) groups is 1. The quantitative estimate of drug-likeness (QED) is 0.394. The van der Waals surface area contributed by atoms with E-state index in [-0.39, 0.29) is 11.8 Å². The SMILES string of the molecule is CCNC(=NCc1cccc(NC(=O)C2CCC2)c1)NCC(C)(O)c1cccs1. The Morgan fingerprint density at radius 3 is 2.76 bits per heavy atom. The van der Waals surface area contributed by atoms with Crippen molar-refractivity contribution in [3.63, 3.8) is 0 Å². The van der Waals surface area contributed by atoms with Gasteiger partial charge in [0.05, 0.1) is 13.1 Å². The Hall–Kier alpha value is -2.38. The fourth-order valence-corrected chi connectivity index (χ4v) is 3.89. The first-order valence-electron chi connectivity index (χ1n) is 10.2. The fourth-order valence-electron chi connectivity index (χ4n) is 3.10. The van der Waals surface area contributed by atoms with Gasteiger partial charge in [-0.1, -0.05) is 24.6 Å². The van der Waals surface area contributed by atoms with E-state index < -0.39 is 5.60 Å². The molecule has 3 rings (SSSR count). The van der Waals surface area contributed by atoms with Crippen LogP contribution in [0.5, 0.6) is 0 Å². The fraction of sp³-hybridized carbons (Fsp3) is 0.455. The van der Waals surface area contributed by atoms with Crippen molar-refractivity contribution < 1.29 is 9.90 Å². The molecule has 1 aliphatic carbocycles. The van der Waals surface area contributed by atoms with Crippen molar-refractivity contribution in [3.05, 3.63) is 52.2 Å². The summed E-state index contributed by atoms with van der Waals surface area (Å²) >= 11 is 1.53. The normalized spacial score (nSPS) is 16.6. The van der Waals surface area contributed by atoms with Gasteiger partial charge in [-0.15, -0.1) is 11.3 Å². The van der Waals surface area contributed by atoms with E-state index in [4.69, 9.17) is 0 Å². The molecule has 0 saturated heterocycles. The van der Waals surface area contributed by atoms with Gasteiger partial charge < -0.3 is 21.1 Å². The molecule has 7 heteroatoms. The minimum atomic E-state index is -0.962. The number of thiophene rings is 1. The zero-order valence-corrected chi connectivity index (χ0v) is 17.9. The maximum atomic E-state index is 12.2. The lowest BCUT2D eigenvalue weighted by molar-refractivity contribution is -0.122. The lowest BCUT2D eigenvalue weighted by Crippen LogP contribution is -2.44. The van der Waals surface area contributed by atoms with Crippen LogP contribution >= 0.6 is 11.3 Å². The Balaban J connectivity index is 1.59. The Morgan fingerprint density at radius 2 is 2.10 bits per heavy atom. The van der Waals surface area contributed by atoms with Crippen LogP contribution in [0.1, 0.15) is 43.6 Å². The highest BCUT2D eigenvalue weighted by atomic mass is 32.1. The molecule has 0 aliphatic heterocycles. The Labute approximate surface area is 176 Å². The smallest absolute Gasteiger partial charge is 0.227 e. The molecule has 1 heterocycles. The second-order valence-electron chi connectivity index (χ2n) is 7.62. The summed E-state index contributed by atoms with van der Waals surface area (Å²) < 4.78 is 0. The van der Waals surface area contributed by atoms with Gasteiger partial charge in [0.1, 0.15) is 5.60 Å². The molecule has 1 unspecified atom stereocenters. The molecule has 0 bridgehead atoms. The van der Waals surface area contributed by atoms with Crippen LogP contribution in [0.25, 0.3) is 0 Å². The predicted molar refractivity (Wildman–Crippen MR) is 119 cm³/mol. The number of amides is 1. The van der Waals surface area contributed by atoms with Gasteiger partial charge in [0.25, 0.3) is 0 Å². The summed E-state index contributed by atoms with van der Waals surface area (Å²) in [5, 5.41) is 22.1. The molecule has 1 fully saturated rings. The second kappa shape index (κ2) is 9.89. The third-order valence-electron chi connectivity index (χ3n) is 5.09. The molecular weight excluding hydrogens is 384 g/mol. The number of aliphatic imine (C=N–C) groups is 1. The van der Waals surface area contributed by atoms with Crippen LogP contribution in [0.4, 0.5) is 5.69 Å². The maximum absolute atomic E-state index is 12.2. The molecule has 0 spiro atoms. The average molecular weight is 415 g/mol. The monoisotopic (exact) mass is 414 g/mol.